The second kappa shape index (κ2) is 5.21. The lowest BCUT2D eigenvalue weighted by Crippen LogP contribution is -2.21. The Morgan fingerprint density at radius 3 is 2.91 bits per heavy atom. The van der Waals surface area contributed by atoms with Gasteiger partial charge in [0.05, 0.1) is 24.4 Å². The number of benzene rings is 1. The van der Waals surface area contributed by atoms with Gasteiger partial charge in [-0.3, -0.25) is 0 Å². The third-order valence-electron chi connectivity index (χ3n) is 3.84. The lowest BCUT2D eigenvalue weighted by molar-refractivity contribution is 0.0621. The molecule has 1 aliphatic rings. The van der Waals surface area contributed by atoms with Crippen LogP contribution in [0.4, 0.5) is 8.78 Å². The molecule has 1 aromatic carbocycles. The van der Waals surface area contributed by atoms with Gasteiger partial charge < -0.3 is 9.30 Å². The van der Waals surface area contributed by atoms with Gasteiger partial charge in [0.2, 0.25) is 5.28 Å². The van der Waals surface area contributed by atoms with E-state index in [1.165, 1.54) is 6.07 Å². The predicted molar refractivity (Wildman–Crippen MR) is 80.1 cm³/mol. The monoisotopic (exact) mass is 336 g/mol. The first-order valence-electron chi connectivity index (χ1n) is 7.01. The summed E-state index contributed by atoms with van der Waals surface area (Å²) in [5.41, 5.74) is 1.07. The molecule has 0 spiro atoms. The summed E-state index contributed by atoms with van der Waals surface area (Å²) in [5.74, 6) is -0.556. The van der Waals surface area contributed by atoms with Crippen LogP contribution in [0.15, 0.2) is 18.3 Å². The highest BCUT2D eigenvalue weighted by Crippen LogP contribution is 2.31. The van der Waals surface area contributed by atoms with Crippen molar-refractivity contribution in [2.24, 2.45) is 0 Å². The summed E-state index contributed by atoms with van der Waals surface area (Å²) in [6.07, 6.45) is 0.967. The zero-order valence-electron chi connectivity index (χ0n) is 12.1. The first-order chi connectivity index (χ1) is 11.0. The van der Waals surface area contributed by atoms with Crippen LogP contribution in [-0.4, -0.2) is 26.1 Å². The molecule has 0 amide bonds. The third kappa shape index (κ3) is 2.27. The Kier molecular flexibility index (Phi) is 3.28. The molecule has 0 N–H and O–H groups in total. The molecule has 0 fully saturated rings. The van der Waals surface area contributed by atoms with Crippen LogP contribution in [0, 0.1) is 11.6 Å². The molecule has 3 heterocycles. The average Bonchev–Trinajstić information content (AvgIpc) is 2.90. The molecule has 2 aromatic heterocycles. The van der Waals surface area contributed by atoms with Gasteiger partial charge in [-0.15, -0.1) is 0 Å². The van der Waals surface area contributed by atoms with E-state index < -0.39 is 11.6 Å². The molecule has 1 unspecified atom stereocenters. The summed E-state index contributed by atoms with van der Waals surface area (Å²) < 4.78 is 35.8. The molecule has 8 heteroatoms. The summed E-state index contributed by atoms with van der Waals surface area (Å²) in [5, 5.41) is -0.0982. The Balaban J connectivity index is 1.99. The molecule has 1 aliphatic heterocycles. The largest absolute Gasteiger partial charge is 0.371 e. The number of hydrogen-bond acceptors (Lipinski definition) is 4. The van der Waals surface area contributed by atoms with Crippen LogP contribution in [0.3, 0.4) is 0 Å². The number of ether oxygens (including phenoxy) is 1. The zero-order chi connectivity index (χ0) is 16.1. The zero-order valence-corrected chi connectivity index (χ0v) is 12.8. The van der Waals surface area contributed by atoms with Gasteiger partial charge in [-0.2, -0.15) is 0 Å². The molecule has 0 aliphatic carbocycles. The molecule has 5 nitrogen and oxygen atoms in total. The molecular formula is C15H11ClF2N4O. The maximum absolute atomic E-state index is 14.5. The molecule has 118 valence electrons. The normalized spacial score (nSPS) is 17.5. The minimum atomic E-state index is -0.664. The second-order valence-corrected chi connectivity index (χ2v) is 5.76. The van der Waals surface area contributed by atoms with Crippen molar-refractivity contribution in [1.82, 2.24) is 19.5 Å². The Labute approximate surface area is 134 Å². The van der Waals surface area contributed by atoms with Crippen molar-refractivity contribution in [2.75, 3.05) is 6.61 Å². The van der Waals surface area contributed by atoms with Crippen molar-refractivity contribution in [1.29, 1.82) is 0 Å². The molecule has 0 saturated heterocycles. The van der Waals surface area contributed by atoms with Crippen molar-refractivity contribution >= 4 is 22.6 Å². The second-order valence-electron chi connectivity index (χ2n) is 5.42. The first kappa shape index (κ1) is 14.5. The number of halogens is 3. The quantitative estimate of drug-likeness (QED) is 0.638. The van der Waals surface area contributed by atoms with Crippen LogP contribution < -0.4 is 0 Å². The van der Waals surface area contributed by atoms with Gasteiger partial charge in [-0.1, -0.05) is 0 Å². The standard InChI is InChI=1S/C15H11ClF2N4O/c1-7-5-23-6-12-20-14-9(17)2-8(3-11(14)22(7)12)13-10(18)4-19-15(16)21-13/h2-4,7H,5-6H2,1H3. The van der Waals surface area contributed by atoms with E-state index in [1.807, 2.05) is 11.5 Å². The minimum absolute atomic E-state index is 0.0113. The fourth-order valence-electron chi connectivity index (χ4n) is 2.87. The van der Waals surface area contributed by atoms with E-state index >= 15 is 0 Å². The summed E-state index contributed by atoms with van der Waals surface area (Å²) >= 11 is 5.73. The van der Waals surface area contributed by atoms with E-state index in [2.05, 4.69) is 15.0 Å². The average molecular weight is 337 g/mol. The predicted octanol–water partition coefficient (Wildman–Crippen LogP) is 3.52. The number of nitrogens with zero attached hydrogens (tertiary/aromatic N) is 4. The van der Waals surface area contributed by atoms with Crippen molar-refractivity contribution < 1.29 is 13.5 Å². The molecular weight excluding hydrogens is 326 g/mol. The van der Waals surface area contributed by atoms with Crippen LogP contribution >= 0.6 is 11.6 Å². The first-order valence-corrected chi connectivity index (χ1v) is 7.39. The highest BCUT2D eigenvalue weighted by molar-refractivity contribution is 6.28. The molecule has 3 aromatic rings. The van der Waals surface area contributed by atoms with E-state index in [9.17, 15) is 8.78 Å². The Morgan fingerprint density at radius 1 is 1.26 bits per heavy atom. The molecule has 0 saturated carbocycles. The van der Waals surface area contributed by atoms with Crippen LogP contribution in [0.1, 0.15) is 18.8 Å². The lowest BCUT2D eigenvalue weighted by atomic mass is 10.1. The minimum Gasteiger partial charge on any atom is -0.371 e. The van der Waals surface area contributed by atoms with Gasteiger partial charge in [-0.25, -0.2) is 23.7 Å². The van der Waals surface area contributed by atoms with Gasteiger partial charge in [0.15, 0.2) is 11.6 Å². The Morgan fingerprint density at radius 2 is 2.09 bits per heavy atom. The van der Waals surface area contributed by atoms with E-state index in [-0.39, 0.29) is 28.1 Å². The van der Waals surface area contributed by atoms with E-state index in [1.54, 1.807) is 6.07 Å². The summed E-state index contributed by atoms with van der Waals surface area (Å²) in [6, 6.07) is 2.88. The highest BCUT2D eigenvalue weighted by atomic mass is 35.5. The maximum Gasteiger partial charge on any atom is 0.223 e. The van der Waals surface area contributed by atoms with Gasteiger partial charge in [0.1, 0.15) is 23.6 Å². The van der Waals surface area contributed by atoms with E-state index in [0.717, 1.165) is 6.20 Å². The van der Waals surface area contributed by atoms with Crippen molar-refractivity contribution in [3.05, 3.63) is 41.1 Å². The Bertz CT molecular complexity index is 927. The number of hydrogen-bond donors (Lipinski definition) is 0. The topological polar surface area (TPSA) is 52.8 Å². The molecule has 1 atom stereocenters. The number of fused-ring (bicyclic) bond motifs is 3. The molecule has 0 radical (unpaired) electrons. The third-order valence-corrected chi connectivity index (χ3v) is 4.02. The molecule has 0 bridgehead atoms. The van der Waals surface area contributed by atoms with Crippen LogP contribution in [-0.2, 0) is 11.3 Å². The Hall–Kier alpha value is -2.12. The number of rotatable bonds is 1. The van der Waals surface area contributed by atoms with Crippen LogP contribution in [0.2, 0.25) is 5.28 Å². The summed E-state index contributed by atoms with van der Waals surface area (Å²) in [7, 11) is 0. The van der Waals surface area contributed by atoms with Gasteiger partial charge in [-0.05, 0) is 30.7 Å². The van der Waals surface area contributed by atoms with E-state index in [4.69, 9.17) is 16.3 Å². The summed E-state index contributed by atoms with van der Waals surface area (Å²) in [4.78, 5) is 11.7. The van der Waals surface area contributed by atoms with Gasteiger partial charge >= 0.3 is 0 Å². The smallest absolute Gasteiger partial charge is 0.223 e. The maximum atomic E-state index is 14.5. The van der Waals surface area contributed by atoms with Gasteiger partial charge in [0.25, 0.3) is 0 Å². The van der Waals surface area contributed by atoms with E-state index in [0.29, 0.717) is 24.6 Å². The SMILES string of the molecule is CC1COCc2nc3c(F)cc(-c4nc(Cl)ncc4F)cc3n21. The van der Waals surface area contributed by atoms with Crippen LogP contribution in [0.25, 0.3) is 22.3 Å². The van der Waals surface area contributed by atoms with Crippen LogP contribution in [0.5, 0.6) is 0 Å². The van der Waals surface area contributed by atoms with Crippen molar-refractivity contribution in [2.45, 2.75) is 19.6 Å². The van der Waals surface area contributed by atoms with Crippen molar-refractivity contribution in [3.63, 3.8) is 0 Å². The molecule has 23 heavy (non-hydrogen) atoms. The lowest BCUT2D eigenvalue weighted by Gasteiger charge is -2.22. The van der Waals surface area contributed by atoms with Gasteiger partial charge in [0, 0.05) is 5.56 Å². The highest BCUT2D eigenvalue weighted by Gasteiger charge is 2.23. The number of imidazole rings is 1. The molecule has 4 rings (SSSR count). The van der Waals surface area contributed by atoms with Crippen molar-refractivity contribution in [3.8, 4) is 11.3 Å². The fourth-order valence-corrected chi connectivity index (χ4v) is 3.01. The summed E-state index contributed by atoms with van der Waals surface area (Å²) in [6.45, 7) is 2.79. The fraction of sp³-hybridized carbons (Fsp3) is 0.267. The number of aromatic nitrogens is 4.